The van der Waals surface area contributed by atoms with Crippen molar-refractivity contribution in [3.8, 4) is 11.5 Å². The van der Waals surface area contributed by atoms with Crippen LogP contribution in [0.2, 0.25) is 0 Å². The van der Waals surface area contributed by atoms with Gasteiger partial charge in [-0.15, -0.1) is 0 Å². The highest BCUT2D eigenvalue weighted by molar-refractivity contribution is 7.94. The zero-order chi connectivity index (χ0) is 13.9. The molecule has 5 nitrogen and oxygen atoms in total. The average Bonchev–Trinajstić information content (AvgIpc) is 2.70. The molecule has 6 heteroatoms. The van der Waals surface area contributed by atoms with Gasteiger partial charge in [0.2, 0.25) is 0 Å². The van der Waals surface area contributed by atoms with Gasteiger partial charge in [0.05, 0.1) is 18.4 Å². The van der Waals surface area contributed by atoms with Crippen LogP contribution in [0, 0.1) is 0 Å². The summed E-state index contributed by atoms with van der Waals surface area (Å²) in [5, 5.41) is 11.1. The maximum atomic E-state index is 11.2. The van der Waals surface area contributed by atoms with E-state index < -0.39 is 9.84 Å². The van der Waals surface area contributed by atoms with Crippen molar-refractivity contribution >= 4 is 16.1 Å². The minimum Gasteiger partial charge on any atom is -0.504 e. The van der Waals surface area contributed by atoms with Crippen molar-refractivity contribution in [2.75, 3.05) is 12.4 Å². The molecular formula is C13H15NO4S. The highest BCUT2D eigenvalue weighted by Gasteiger charge is 2.20. The molecule has 0 amide bonds. The number of hydrogen-bond donors (Lipinski definition) is 1. The van der Waals surface area contributed by atoms with Gasteiger partial charge in [-0.05, 0) is 25.1 Å². The molecule has 1 atom stereocenters. The van der Waals surface area contributed by atoms with Crippen molar-refractivity contribution in [1.29, 1.82) is 0 Å². The number of aromatic hydroxyl groups is 1. The predicted molar refractivity (Wildman–Crippen MR) is 73.6 cm³/mol. The number of rotatable bonds is 4. The Kier molecular flexibility index (Phi) is 3.90. The summed E-state index contributed by atoms with van der Waals surface area (Å²) in [6.07, 6.45) is 3.00. The molecule has 0 bridgehead atoms. The van der Waals surface area contributed by atoms with E-state index in [0.717, 1.165) is 0 Å². The maximum absolute atomic E-state index is 11.2. The molecule has 0 fully saturated rings. The van der Waals surface area contributed by atoms with Gasteiger partial charge in [-0.25, -0.2) is 8.42 Å². The summed E-state index contributed by atoms with van der Waals surface area (Å²) >= 11 is 0. The van der Waals surface area contributed by atoms with Crippen LogP contribution in [-0.2, 0) is 9.84 Å². The Morgan fingerprint density at radius 3 is 2.95 bits per heavy atom. The average molecular weight is 281 g/mol. The van der Waals surface area contributed by atoms with Crippen LogP contribution >= 0.6 is 0 Å². The highest BCUT2D eigenvalue weighted by atomic mass is 32.2. The molecule has 0 aliphatic carbocycles. The molecule has 0 saturated carbocycles. The van der Waals surface area contributed by atoms with Crippen molar-refractivity contribution in [1.82, 2.24) is 0 Å². The van der Waals surface area contributed by atoms with E-state index >= 15 is 0 Å². The third-order valence-corrected chi connectivity index (χ3v) is 4.02. The van der Waals surface area contributed by atoms with E-state index in [1.165, 1.54) is 17.7 Å². The molecule has 0 unspecified atom stereocenters. The van der Waals surface area contributed by atoms with Crippen molar-refractivity contribution in [3.63, 3.8) is 0 Å². The quantitative estimate of drug-likeness (QED) is 0.849. The topological polar surface area (TPSA) is 76.0 Å². The van der Waals surface area contributed by atoms with Crippen LogP contribution in [0.15, 0.2) is 34.7 Å². The second kappa shape index (κ2) is 5.44. The molecule has 1 aromatic rings. The van der Waals surface area contributed by atoms with Gasteiger partial charge in [-0.3, -0.25) is 4.99 Å². The fourth-order valence-corrected chi connectivity index (χ4v) is 2.95. The van der Waals surface area contributed by atoms with E-state index in [2.05, 4.69) is 4.99 Å². The number of phenolic OH excluding ortho intramolecular Hbond substituents is 1. The van der Waals surface area contributed by atoms with Gasteiger partial charge in [0.25, 0.3) is 0 Å². The monoisotopic (exact) mass is 281 g/mol. The smallest absolute Gasteiger partial charge is 0.173 e. The van der Waals surface area contributed by atoms with Crippen LogP contribution in [-0.4, -0.2) is 38.1 Å². The van der Waals surface area contributed by atoms with Crippen LogP contribution in [0.3, 0.4) is 0 Å². The zero-order valence-corrected chi connectivity index (χ0v) is 11.3. The molecule has 19 heavy (non-hydrogen) atoms. The molecule has 102 valence electrons. The Balaban J connectivity index is 2.16. The van der Waals surface area contributed by atoms with E-state index in [4.69, 9.17) is 4.74 Å². The third kappa shape index (κ3) is 3.35. The van der Waals surface area contributed by atoms with Crippen LogP contribution in [0.4, 0.5) is 0 Å². The van der Waals surface area contributed by atoms with Crippen molar-refractivity contribution in [2.24, 2.45) is 4.99 Å². The number of para-hydroxylation sites is 1. The summed E-state index contributed by atoms with van der Waals surface area (Å²) in [6, 6.07) is 4.71. The molecule has 0 spiro atoms. The number of ether oxygens (including phenoxy) is 1. The summed E-state index contributed by atoms with van der Waals surface area (Å²) in [4.78, 5) is 4.14. The Morgan fingerprint density at radius 1 is 1.53 bits per heavy atom. The molecule has 1 aromatic carbocycles. The fourth-order valence-electron chi connectivity index (χ4n) is 1.74. The second-order valence-electron chi connectivity index (χ2n) is 4.13. The first-order valence-corrected chi connectivity index (χ1v) is 7.62. The molecule has 0 radical (unpaired) electrons. The van der Waals surface area contributed by atoms with Gasteiger partial charge in [-0.1, -0.05) is 6.07 Å². The molecule has 1 aliphatic heterocycles. The van der Waals surface area contributed by atoms with E-state index in [1.807, 2.05) is 6.92 Å². The maximum Gasteiger partial charge on any atom is 0.173 e. The van der Waals surface area contributed by atoms with Gasteiger partial charge in [0, 0.05) is 17.2 Å². The van der Waals surface area contributed by atoms with E-state index in [0.29, 0.717) is 17.9 Å². The van der Waals surface area contributed by atoms with Crippen molar-refractivity contribution < 1.29 is 18.3 Å². The first kappa shape index (κ1) is 13.6. The Morgan fingerprint density at radius 2 is 2.32 bits per heavy atom. The number of phenols is 1. The minimum absolute atomic E-state index is 0.0120. The fraction of sp³-hybridized carbons (Fsp3) is 0.308. The van der Waals surface area contributed by atoms with Crippen LogP contribution in [0.5, 0.6) is 11.5 Å². The lowest BCUT2D eigenvalue weighted by molar-refractivity contribution is 0.318. The summed E-state index contributed by atoms with van der Waals surface area (Å²) in [7, 11) is -3.11. The molecule has 2 rings (SSSR count). The summed E-state index contributed by atoms with van der Waals surface area (Å²) in [6.45, 7) is 2.28. The van der Waals surface area contributed by atoms with Crippen LogP contribution < -0.4 is 4.74 Å². The lowest BCUT2D eigenvalue weighted by atomic mass is 10.2. The number of hydrogen-bond acceptors (Lipinski definition) is 5. The zero-order valence-electron chi connectivity index (χ0n) is 10.5. The molecule has 1 aliphatic rings. The van der Waals surface area contributed by atoms with Gasteiger partial charge in [0.15, 0.2) is 21.3 Å². The third-order valence-electron chi connectivity index (χ3n) is 2.65. The first-order chi connectivity index (χ1) is 9.02. The van der Waals surface area contributed by atoms with Crippen molar-refractivity contribution in [3.05, 3.63) is 35.2 Å². The molecule has 1 N–H and O–H groups in total. The summed E-state index contributed by atoms with van der Waals surface area (Å²) in [5.41, 5.74) is 0.503. The largest absolute Gasteiger partial charge is 0.504 e. The molecular weight excluding hydrogens is 266 g/mol. The van der Waals surface area contributed by atoms with Gasteiger partial charge in [-0.2, -0.15) is 0 Å². The van der Waals surface area contributed by atoms with E-state index in [-0.39, 0.29) is 17.5 Å². The Bertz CT molecular complexity index is 620. The van der Waals surface area contributed by atoms with Crippen LogP contribution in [0.25, 0.3) is 0 Å². The first-order valence-electron chi connectivity index (χ1n) is 5.91. The lowest BCUT2D eigenvalue weighted by Crippen LogP contribution is -2.08. The van der Waals surface area contributed by atoms with Crippen molar-refractivity contribution in [2.45, 2.75) is 13.0 Å². The molecule has 0 aromatic heterocycles. The molecule has 0 saturated heterocycles. The molecule has 1 heterocycles. The van der Waals surface area contributed by atoms with Crippen LogP contribution in [0.1, 0.15) is 12.5 Å². The Hall–Kier alpha value is -1.82. The normalized spacial score (nSPS) is 21.0. The standard InChI is InChI=1S/C13H15NO4S/c1-2-18-12-5-3-4-10(13(12)15)8-14-11-6-7-19(16,17)9-11/h3-8,11,15H,2,9H2,1H3/t11-/m0/s1. The lowest BCUT2D eigenvalue weighted by Gasteiger charge is -2.07. The summed E-state index contributed by atoms with van der Waals surface area (Å²) < 4.78 is 27.7. The Labute approximate surface area is 112 Å². The second-order valence-corrected chi connectivity index (χ2v) is 6.06. The van der Waals surface area contributed by atoms with Gasteiger partial charge >= 0.3 is 0 Å². The predicted octanol–water partition coefficient (Wildman–Crippen LogP) is 1.52. The van der Waals surface area contributed by atoms with E-state index in [9.17, 15) is 13.5 Å². The minimum atomic E-state index is -3.11. The highest BCUT2D eigenvalue weighted by Crippen LogP contribution is 2.28. The van der Waals surface area contributed by atoms with Gasteiger partial charge in [0.1, 0.15) is 0 Å². The van der Waals surface area contributed by atoms with E-state index in [1.54, 1.807) is 18.2 Å². The van der Waals surface area contributed by atoms with Gasteiger partial charge < -0.3 is 9.84 Å². The number of aliphatic imine (C=N–C) groups is 1. The number of nitrogens with zero attached hydrogens (tertiary/aromatic N) is 1. The SMILES string of the molecule is CCOc1cccc(C=N[C@H]2C=CS(=O)(=O)C2)c1O. The number of sulfone groups is 1. The summed E-state index contributed by atoms with van der Waals surface area (Å²) in [5.74, 6) is 0.383. The number of benzene rings is 1.